The van der Waals surface area contributed by atoms with Gasteiger partial charge in [-0.25, -0.2) is 0 Å². The Hall–Kier alpha value is -1.16. The molecule has 0 bridgehead atoms. The Morgan fingerprint density at radius 1 is 1.10 bits per heavy atom. The molecule has 2 aromatic carbocycles. The van der Waals surface area contributed by atoms with Gasteiger partial charge in [0.1, 0.15) is 6.10 Å². The van der Waals surface area contributed by atoms with E-state index < -0.39 is 6.10 Å². The molecule has 0 aliphatic rings. The van der Waals surface area contributed by atoms with Crippen LogP contribution in [0, 0.1) is 13.8 Å². The van der Waals surface area contributed by atoms with Crippen molar-refractivity contribution < 1.29 is 5.11 Å². The first kappa shape index (κ1) is 13.8. The number of hydrogen-bond acceptors (Lipinski definition) is 2. The number of benzene rings is 2. The first-order valence-corrected chi connectivity index (χ1v) is 8.16. The normalized spacial score (nSPS) is 12.8. The summed E-state index contributed by atoms with van der Waals surface area (Å²) in [5.74, 6) is 0. The van der Waals surface area contributed by atoms with Crippen molar-refractivity contribution in [1.82, 2.24) is 0 Å². The Kier molecular flexibility index (Phi) is 3.67. The van der Waals surface area contributed by atoms with Gasteiger partial charge in [0.25, 0.3) is 0 Å². The van der Waals surface area contributed by atoms with Crippen LogP contribution in [0.4, 0.5) is 0 Å². The van der Waals surface area contributed by atoms with Crippen LogP contribution < -0.4 is 0 Å². The topological polar surface area (TPSA) is 20.2 Å². The molecule has 0 aliphatic heterocycles. The van der Waals surface area contributed by atoms with E-state index in [4.69, 9.17) is 0 Å². The van der Waals surface area contributed by atoms with Crippen LogP contribution in [0.1, 0.15) is 28.4 Å². The Morgan fingerprint density at radius 2 is 1.90 bits per heavy atom. The summed E-state index contributed by atoms with van der Waals surface area (Å²) >= 11 is 5.23. The van der Waals surface area contributed by atoms with Crippen LogP contribution >= 0.6 is 27.3 Å². The fourth-order valence-corrected chi connectivity index (χ4v) is 4.01. The third-order valence-electron chi connectivity index (χ3n) is 3.72. The molecule has 3 rings (SSSR count). The highest BCUT2D eigenvalue weighted by Crippen LogP contribution is 2.37. The fraction of sp³-hybridized carbons (Fsp3) is 0.176. The van der Waals surface area contributed by atoms with Crippen LogP contribution in [0.25, 0.3) is 10.1 Å². The zero-order chi connectivity index (χ0) is 14.3. The third-order valence-corrected chi connectivity index (χ3v) is 5.69. The second-order valence-electron chi connectivity index (χ2n) is 5.05. The molecule has 0 spiro atoms. The lowest BCUT2D eigenvalue weighted by Crippen LogP contribution is -1.99. The molecule has 1 aromatic heterocycles. The zero-order valence-electron chi connectivity index (χ0n) is 11.4. The van der Waals surface area contributed by atoms with Crippen LogP contribution in [-0.2, 0) is 0 Å². The first-order valence-electron chi connectivity index (χ1n) is 6.49. The number of hydrogen-bond donors (Lipinski definition) is 1. The quantitative estimate of drug-likeness (QED) is 0.661. The molecular formula is C17H15BrOS. The summed E-state index contributed by atoms with van der Waals surface area (Å²) in [4.78, 5) is 0. The molecule has 3 heteroatoms. The van der Waals surface area contributed by atoms with Crippen molar-refractivity contribution in [2.24, 2.45) is 0 Å². The average molecular weight is 347 g/mol. The van der Waals surface area contributed by atoms with Crippen molar-refractivity contribution >= 4 is 37.4 Å². The summed E-state index contributed by atoms with van der Waals surface area (Å²) in [6, 6.07) is 12.3. The van der Waals surface area contributed by atoms with Crippen LogP contribution in [0.2, 0.25) is 0 Å². The molecule has 1 unspecified atom stereocenters. The van der Waals surface area contributed by atoms with Gasteiger partial charge in [-0.2, -0.15) is 0 Å². The van der Waals surface area contributed by atoms with E-state index in [2.05, 4.69) is 53.4 Å². The van der Waals surface area contributed by atoms with Gasteiger partial charge in [0.15, 0.2) is 0 Å². The molecule has 0 radical (unpaired) electrons. The monoisotopic (exact) mass is 346 g/mol. The summed E-state index contributed by atoms with van der Waals surface area (Å²) in [7, 11) is 0. The maximum Gasteiger partial charge on any atom is 0.105 e. The van der Waals surface area contributed by atoms with Crippen molar-refractivity contribution in [2.45, 2.75) is 20.0 Å². The Labute approximate surface area is 131 Å². The molecule has 0 aliphatic carbocycles. The third kappa shape index (κ3) is 2.30. The second kappa shape index (κ2) is 5.32. The molecule has 102 valence electrons. The van der Waals surface area contributed by atoms with E-state index in [9.17, 15) is 5.11 Å². The minimum atomic E-state index is -0.572. The number of thiophene rings is 1. The minimum absolute atomic E-state index is 0.572. The van der Waals surface area contributed by atoms with Gasteiger partial charge in [0.2, 0.25) is 0 Å². The molecule has 1 atom stereocenters. The van der Waals surface area contributed by atoms with Crippen molar-refractivity contribution in [2.75, 3.05) is 0 Å². The molecule has 0 amide bonds. The standard InChI is InChI=1S/C17H15BrOS/c1-10-6-7-12(8-11(10)2)16(19)14-9-20-17-13(14)4-3-5-15(17)18/h3-9,16,19H,1-2H3. The van der Waals surface area contributed by atoms with Gasteiger partial charge in [-0.05, 0) is 63.3 Å². The number of aliphatic hydroxyl groups is 1. The summed E-state index contributed by atoms with van der Waals surface area (Å²) in [6.07, 6.45) is -0.572. The molecule has 20 heavy (non-hydrogen) atoms. The Balaban J connectivity index is 2.10. The highest BCUT2D eigenvalue weighted by molar-refractivity contribution is 9.10. The molecule has 0 fully saturated rings. The first-order chi connectivity index (χ1) is 9.58. The Morgan fingerprint density at radius 3 is 2.65 bits per heavy atom. The lowest BCUT2D eigenvalue weighted by atomic mass is 9.97. The average Bonchev–Trinajstić information content (AvgIpc) is 2.86. The van der Waals surface area contributed by atoms with Gasteiger partial charge in [-0.3, -0.25) is 0 Å². The smallest absolute Gasteiger partial charge is 0.105 e. The van der Waals surface area contributed by atoms with E-state index in [-0.39, 0.29) is 0 Å². The second-order valence-corrected chi connectivity index (χ2v) is 6.79. The molecular weight excluding hydrogens is 332 g/mol. The predicted octanol–water partition coefficient (Wildman–Crippen LogP) is 5.36. The highest BCUT2D eigenvalue weighted by atomic mass is 79.9. The largest absolute Gasteiger partial charge is 0.384 e. The SMILES string of the molecule is Cc1ccc(C(O)c2csc3c(Br)cccc23)cc1C. The van der Waals surface area contributed by atoms with E-state index in [1.165, 1.54) is 15.8 Å². The van der Waals surface area contributed by atoms with E-state index in [1.807, 2.05) is 18.2 Å². The van der Waals surface area contributed by atoms with Crippen molar-refractivity contribution in [3.05, 3.63) is 68.5 Å². The highest BCUT2D eigenvalue weighted by Gasteiger charge is 2.16. The summed E-state index contributed by atoms with van der Waals surface area (Å²) in [5, 5.41) is 13.8. The molecule has 1 heterocycles. The van der Waals surface area contributed by atoms with Crippen LogP contribution in [0.3, 0.4) is 0 Å². The van der Waals surface area contributed by atoms with Crippen LogP contribution in [0.15, 0.2) is 46.3 Å². The van der Waals surface area contributed by atoms with Gasteiger partial charge in [0.05, 0.1) is 0 Å². The molecule has 0 saturated heterocycles. The lowest BCUT2D eigenvalue weighted by molar-refractivity contribution is 0.222. The summed E-state index contributed by atoms with van der Waals surface area (Å²) in [5.41, 5.74) is 4.39. The van der Waals surface area contributed by atoms with Gasteiger partial charge < -0.3 is 5.11 Å². The van der Waals surface area contributed by atoms with Gasteiger partial charge in [0, 0.05) is 14.7 Å². The zero-order valence-corrected chi connectivity index (χ0v) is 13.8. The molecule has 0 saturated carbocycles. The molecule has 1 N–H and O–H groups in total. The van der Waals surface area contributed by atoms with E-state index in [0.717, 1.165) is 21.0 Å². The van der Waals surface area contributed by atoms with E-state index >= 15 is 0 Å². The number of aliphatic hydroxyl groups excluding tert-OH is 1. The van der Waals surface area contributed by atoms with Crippen molar-refractivity contribution in [3.63, 3.8) is 0 Å². The van der Waals surface area contributed by atoms with Gasteiger partial charge in [-0.1, -0.05) is 30.3 Å². The number of halogens is 1. The number of fused-ring (bicyclic) bond motifs is 1. The summed E-state index contributed by atoms with van der Waals surface area (Å²) < 4.78 is 2.27. The van der Waals surface area contributed by atoms with Crippen molar-refractivity contribution in [1.29, 1.82) is 0 Å². The Bertz CT molecular complexity index is 776. The lowest BCUT2D eigenvalue weighted by Gasteiger charge is -2.12. The fourth-order valence-electron chi connectivity index (χ4n) is 2.37. The predicted molar refractivity (Wildman–Crippen MR) is 89.5 cm³/mol. The van der Waals surface area contributed by atoms with E-state index in [1.54, 1.807) is 11.3 Å². The number of aryl methyl sites for hydroxylation is 2. The van der Waals surface area contributed by atoms with Crippen LogP contribution in [0.5, 0.6) is 0 Å². The minimum Gasteiger partial charge on any atom is -0.384 e. The van der Waals surface area contributed by atoms with Crippen LogP contribution in [-0.4, -0.2) is 5.11 Å². The number of rotatable bonds is 2. The maximum atomic E-state index is 10.7. The molecule has 1 nitrogen and oxygen atoms in total. The van der Waals surface area contributed by atoms with Gasteiger partial charge in [-0.15, -0.1) is 11.3 Å². The summed E-state index contributed by atoms with van der Waals surface area (Å²) in [6.45, 7) is 4.16. The van der Waals surface area contributed by atoms with Crippen molar-refractivity contribution in [3.8, 4) is 0 Å². The molecule has 3 aromatic rings. The van der Waals surface area contributed by atoms with Gasteiger partial charge >= 0.3 is 0 Å². The maximum absolute atomic E-state index is 10.7. The van der Waals surface area contributed by atoms with E-state index in [0.29, 0.717) is 0 Å².